The first-order chi connectivity index (χ1) is 8.38. The van der Waals surface area contributed by atoms with Gasteiger partial charge in [0.1, 0.15) is 0 Å². The first-order valence-corrected chi connectivity index (χ1v) is 7.29. The molecule has 1 aliphatic rings. The Labute approximate surface area is 107 Å². The molecule has 1 saturated heterocycles. The van der Waals surface area contributed by atoms with E-state index >= 15 is 0 Å². The van der Waals surface area contributed by atoms with Gasteiger partial charge in [0.15, 0.2) is 0 Å². The van der Waals surface area contributed by atoms with Crippen molar-refractivity contribution in [2.24, 2.45) is 5.41 Å². The lowest BCUT2D eigenvalue weighted by Gasteiger charge is -2.22. The van der Waals surface area contributed by atoms with Crippen LogP contribution in [0.2, 0.25) is 0 Å². The second kappa shape index (κ2) is 5.96. The molecule has 1 heterocycles. The summed E-state index contributed by atoms with van der Waals surface area (Å²) in [5.74, 6) is -0.931. The predicted molar refractivity (Wildman–Crippen MR) is 65.3 cm³/mol. The highest BCUT2D eigenvalue weighted by Gasteiger charge is 2.46. The van der Waals surface area contributed by atoms with Crippen molar-refractivity contribution in [2.75, 3.05) is 33.4 Å². The number of carboxylic acids is 1. The normalized spacial score (nSPS) is 25.4. The van der Waals surface area contributed by atoms with Gasteiger partial charge in [-0.1, -0.05) is 6.92 Å². The van der Waals surface area contributed by atoms with E-state index in [1.807, 2.05) is 0 Å². The van der Waals surface area contributed by atoms with E-state index in [2.05, 4.69) is 4.72 Å². The molecular formula is C10H20N2O5S. The lowest BCUT2D eigenvalue weighted by molar-refractivity contribution is -0.148. The molecule has 0 aromatic carbocycles. The Bertz CT molecular complexity index is 397. The van der Waals surface area contributed by atoms with Crippen molar-refractivity contribution in [3.63, 3.8) is 0 Å². The molecule has 0 amide bonds. The number of ether oxygens (including phenoxy) is 1. The van der Waals surface area contributed by atoms with Crippen LogP contribution in [-0.4, -0.2) is 57.1 Å². The molecule has 106 valence electrons. The fourth-order valence-electron chi connectivity index (χ4n) is 2.02. The summed E-state index contributed by atoms with van der Waals surface area (Å²) >= 11 is 0. The Morgan fingerprint density at radius 1 is 1.56 bits per heavy atom. The number of nitrogens with one attached hydrogen (secondary N) is 1. The number of rotatable bonds is 7. The molecule has 0 aliphatic carbocycles. The molecule has 0 radical (unpaired) electrons. The largest absolute Gasteiger partial charge is 0.481 e. The van der Waals surface area contributed by atoms with Gasteiger partial charge in [-0.25, -0.2) is 0 Å². The van der Waals surface area contributed by atoms with E-state index in [9.17, 15) is 18.3 Å². The summed E-state index contributed by atoms with van der Waals surface area (Å²) in [7, 11) is -2.12. The molecule has 0 aromatic heterocycles. The number of carboxylic acid groups (broad SMARTS) is 1. The smallest absolute Gasteiger partial charge is 0.311 e. The molecule has 1 atom stereocenters. The zero-order valence-corrected chi connectivity index (χ0v) is 11.5. The minimum absolute atomic E-state index is 0.0289. The number of methoxy groups -OCH3 is 1. The number of aliphatic carboxylic acids is 1. The van der Waals surface area contributed by atoms with Crippen LogP contribution in [-0.2, 0) is 19.7 Å². The molecule has 0 spiro atoms. The number of hydrogen-bond acceptors (Lipinski definition) is 4. The SMILES string of the molecule is CCC1(C(=O)O)CCN(S(=O)(=O)NCCOC)C1. The van der Waals surface area contributed by atoms with Crippen molar-refractivity contribution < 1.29 is 23.1 Å². The summed E-state index contributed by atoms with van der Waals surface area (Å²) in [4.78, 5) is 11.2. The zero-order valence-electron chi connectivity index (χ0n) is 10.7. The molecule has 18 heavy (non-hydrogen) atoms. The highest BCUT2D eigenvalue weighted by atomic mass is 32.2. The van der Waals surface area contributed by atoms with Crippen LogP contribution in [0.3, 0.4) is 0 Å². The molecular weight excluding hydrogens is 260 g/mol. The molecule has 0 bridgehead atoms. The van der Waals surface area contributed by atoms with E-state index in [-0.39, 0.29) is 26.2 Å². The van der Waals surface area contributed by atoms with Gasteiger partial charge >= 0.3 is 5.97 Å². The lowest BCUT2D eigenvalue weighted by atomic mass is 9.85. The number of nitrogens with zero attached hydrogens (tertiary/aromatic N) is 1. The molecule has 2 N–H and O–H groups in total. The van der Waals surface area contributed by atoms with E-state index < -0.39 is 21.6 Å². The minimum atomic E-state index is -3.61. The first kappa shape index (κ1) is 15.4. The summed E-state index contributed by atoms with van der Waals surface area (Å²) in [5.41, 5.74) is -0.948. The van der Waals surface area contributed by atoms with Gasteiger partial charge in [-0.3, -0.25) is 4.79 Å². The van der Waals surface area contributed by atoms with E-state index in [1.54, 1.807) is 6.92 Å². The van der Waals surface area contributed by atoms with Crippen LogP contribution >= 0.6 is 0 Å². The maximum absolute atomic E-state index is 11.9. The number of hydrogen-bond donors (Lipinski definition) is 2. The van der Waals surface area contributed by atoms with Crippen LogP contribution in [0.15, 0.2) is 0 Å². The monoisotopic (exact) mass is 280 g/mol. The van der Waals surface area contributed by atoms with Gasteiger partial charge in [-0.05, 0) is 12.8 Å². The molecule has 0 aromatic rings. The Morgan fingerprint density at radius 2 is 2.22 bits per heavy atom. The lowest BCUT2D eigenvalue weighted by Crippen LogP contribution is -2.43. The average Bonchev–Trinajstić information content (AvgIpc) is 2.75. The molecule has 0 saturated carbocycles. The van der Waals surface area contributed by atoms with Crippen molar-refractivity contribution in [3.05, 3.63) is 0 Å². The highest BCUT2D eigenvalue weighted by Crippen LogP contribution is 2.35. The van der Waals surface area contributed by atoms with Crippen molar-refractivity contribution >= 4 is 16.2 Å². The predicted octanol–water partition coefficient (Wildman–Crippen LogP) is -0.346. The third-order valence-electron chi connectivity index (χ3n) is 3.38. The van der Waals surface area contributed by atoms with E-state index in [0.717, 1.165) is 0 Å². The van der Waals surface area contributed by atoms with E-state index in [0.29, 0.717) is 12.8 Å². The first-order valence-electron chi connectivity index (χ1n) is 5.85. The third kappa shape index (κ3) is 3.19. The molecule has 7 nitrogen and oxygen atoms in total. The molecule has 1 aliphatic heterocycles. The van der Waals surface area contributed by atoms with Gasteiger partial charge in [0, 0.05) is 26.7 Å². The Morgan fingerprint density at radius 3 is 2.67 bits per heavy atom. The topological polar surface area (TPSA) is 95.9 Å². The second-order valence-corrected chi connectivity index (χ2v) is 6.17. The van der Waals surface area contributed by atoms with Crippen LogP contribution in [0.4, 0.5) is 0 Å². The minimum Gasteiger partial charge on any atom is -0.481 e. The standard InChI is InChI=1S/C10H20N2O5S/c1-3-10(9(13)14)4-6-12(8-10)18(15,16)11-5-7-17-2/h11H,3-8H2,1-2H3,(H,13,14). The molecule has 1 fully saturated rings. The van der Waals surface area contributed by atoms with Crippen molar-refractivity contribution in [1.82, 2.24) is 9.03 Å². The Kier molecular flexibility index (Phi) is 5.09. The third-order valence-corrected chi connectivity index (χ3v) is 4.94. The molecule has 8 heteroatoms. The summed E-state index contributed by atoms with van der Waals surface area (Å²) in [5, 5.41) is 9.20. The molecule has 1 rings (SSSR count). The van der Waals surface area contributed by atoms with Crippen molar-refractivity contribution in [2.45, 2.75) is 19.8 Å². The van der Waals surface area contributed by atoms with Crippen LogP contribution in [0.25, 0.3) is 0 Å². The van der Waals surface area contributed by atoms with Gasteiger partial charge < -0.3 is 9.84 Å². The summed E-state index contributed by atoms with van der Waals surface area (Å²) in [6.07, 6.45) is 0.774. The summed E-state index contributed by atoms with van der Waals surface area (Å²) in [6.45, 7) is 2.50. The second-order valence-electron chi connectivity index (χ2n) is 4.41. The fraction of sp³-hybridized carbons (Fsp3) is 0.900. The van der Waals surface area contributed by atoms with Crippen LogP contribution < -0.4 is 4.72 Å². The van der Waals surface area contributed by atoms with Crippen LogP contribution in [0.5, 0.6) is 0 Å². The Balaban J connectivity index is 2.68. The van der Waals surface area contributed by atoms with Crippen molar-refractivity contribution in [3.8, 4) is 0 Å². The van der Waals surface area contributed by atoms with E-state index in [4.69, 9.17) is 4.74 Å². The summed E-state index contributed by atoms with van der Waals surface area (Å²) < 4.78 is 32.1. The van der Waals surface area contributed by atoms with Gasteiger partial charge in [0.25, 0.3) is 10.2 Å². The van der Waals surface area contributed by atoms with Gasteiger partial charge in [0.05, 0.1) is 12.0 Å². The molecule has 1 unspecified atom stereocenters. The van der Waals surface area contributed by atoms with E-state index in [1.165, 1.54) is 11.4 Å². The van der Waals surface area contributed by atoms with Gasteiger partial charge in [-0.2, -0.15) is 17.4 Å². The number of carbonyl (C=O) groups is 1. The highest BCUT2D eigenvalue weighted by molar-refractivity contribution is 7.87. The summed E-state index contributed by atoms with van der Waals surface area (Å²) in [6, 6.07) is 0. The maximum Gasteiger partial charge on any atom is 0.311 e. The Hall–Kier alpha value is -0.700. The zero-order chi connectivity index (χ0) is 13.8. The maximum atomic E-state index is 11.9. The fourth-order valence-corrected chi connectivity index (χ4v) is 3.29. The average molecular weight is 280 g/mol. The van der Waals surface area contributed by atoms with Gasteiger partial charge in [-0.15, -0.1) is 0 Å². The van der Waals surface area contributed by atoms with Gasteiger partial charge in [0.2, 0.25) is 0 Å². The van der Waals surface area contributed by atoms with Crippen molar-refractivity contribution in [1.29, 1.82) is 0 Å². The quantitative estimate of drug-likeness (QED) is 0.622. The van der Waals surface area contributed by atoms with Crippen LogP contribution in [0.1, 0.15) is 19.8 Å². The van der Waals surface area contributed by atoms with Crippen LogP contribution in [0, 0.1) is 5.41 Å².